The Morgan fingerprint density at radius 3 is 2.30 bits per heavy atom. The van der Waals surface area contributed by atoms with Crippen LogP contribution in [0, 0.1) is 0 Å². The smallest absolute Gasteiger partial charge is 0.257 e. The summed E-state index contributed by atoms with van der Waals surface area (Å²) in [5, 5.41) is 2.85. The molecule has 0 aromatic heterocycles. The minimum atomic E-state index is -0.118. The highest BCUT2D eigenvalue weighted by Crippen LogP contribution is 2.18. The Morgan fingerprint density at radius 1 is 1.04 bits per heavy atom. The first-order valence-electron chi connectivity index (χ1n) is 7.38. The van der Waals surface area contributed by atoms with Crippen molar-refractivity contribution in [3.05, 3.63) is 54.1 Å². The van der Waals surface area contributed by atoms with Crippen LogP contribution in [0.25, 0.3) is 0 Å². The van der Waals surface area contributed by atoms with Gasteiger partial charge in [0, 0.05) is 11.4 Å². The van der Waals surface area contributed by atoms with Gasteiger partial charge in [0.1, 0.15) is 11.5 Å². The zero-order valence-electron chi connectivity index (χ0n) is 13.4. The number of amides is 1. The van der Waals surface area contributed by atoms with Crippen LogP contribution < -0.4 is 14.8 Å². The summed E-state index contributed by atoms with van der Waals surface area (Å²) in [7, 11) is 1.64. The van der Waals surface area contributed by atoms with Crippen molar-refractivity contribution in [3.8, 4) is 11.5 Å². The molecule has 0 aliphatic rings. The maximum absolute atomic E-state index is 11.8. The van der Waals surface area contributed by atoms with Gasteiger partial charge in [-0.2, -0.15) is 0 Å². The van der Waals surface area contributed by atoms with Crippen LogP contribution in [-0.2, 0) is 11.2 Å². The van der Waals surface area contributed by atoms with Crippen molar-refractivity contribution in [1.29, 1.82) is 0 Å². The number of methoxy groups -OCH3 is 1. The topological polar surface area (TPSA) is 47.6 Å². The third kappa shape index (κ3) is 5.87. The van der Waals surface area contributed by atoms with Gasteiger partial charge in [-0.15, -0.1) is 11.8 Å². The number of carbonyl (C=O) groups is 1. The number of rotatable bonds is 8. The van der Waals surface area contributed by atoms with Gasteiger partial charge in [-0.3, -0.25) is 4.79 Å². The van der Waals surface area contributed by atoms with E-state index in [-0.39, 0.29) is 12.5 Å². The summed E-state index contributed by atoms with van der Waals surface area (Å²) in [4.78, 5) is 12.9. The molecule has 0 atom stereocenters. The first kappa shape index (κ1) is 17.2. The Morgan fingerprint density at radius 2 is 1.70 bits per heavy atom. The maximum Gasteiger partial charge on any atom is 0.257 e. The van der Waals surface area contributed by atoms with E-state index < -0.39 is 0 Å². The highest BCUT2D eigenvalue weighted by Gasteiger charge is 2.03. The average Bonchev–Trinajstić information content (AvgIpc) is 2.61. The zero-order valence-corrected chi connectivity index (χ0v) is 14.2. The van der Waals surface area contributed by atoms with Gasteiger partial charge in [0.2, 0.25) is 0 Å². The quantitative estimate of drug-likeness (QED) is 0.755. The van der Waals surface area contributed by atoms with Crippen molar-refractivity contribution in [1.82, 2.24) is 5.32 Å². The van der Waals surface area contributed by atoms with E-state index in [2.05, 4.69) is 5.32 Å². The standard InChI is InChI=1S/C18H21NO3S/c1-21-15-5-3-14(4-6-15)11-12-19-18(20)13-22-16-7-9-17(23-2)10-8-16/h3-10H,11-13H2,1-2H3,(H,19,20). The van der Waals surface area contributed by atoms with Crippen molar-refractivity contribution in [2.24, 2.45) is 0 Å². The normalized spacial score (nSPS) is 10.2. The van der Waals surface area contributed by atoms with Crippen molar-refractivity contribution in [2.75, 3.05) is 26.5 Å². The first-order valence-corrected chi connectivity index (χ1v) is 8.60. The molecule has 0 aliphatic heterocycles. The monoisotopic (exact) mass is 331 g/mol. The number of carbonyl (C=O) groups excluding carboxylic acids is 1. The molecular formula is C18H21NO3S. The van der Waals surface area contributed by atoms with Gasteiger partial charge in [-0.1, -0.05) is 12.1 Å². The van der Waals surface area contributed by atoms with Crippen LogP contribution in [-0.4, -0.2) is 32.4 Å². The summed E-state index contributed by atoms with van der Waals surface area (Å²) in [5.74, 6) is 1.42. The van der Waals surface area contributed by atoms with Crippen LogP contribution in [0.3, 0.4) is 0 Å². The fourth-order valence-electron chi connectivity index (χ4n) is 2.01. The van der Waals surface area contributed by atoms with E-state index in [9.17, 15) is 4.79 Å². The van der Waals surface area contributed by atoms with E-state index in [0.29, 0.717) is 12.3 Å². The molecule has 122 valence electrons. The van der Waals surface area contributed by atoms with Crippen molar-refractivity contribution < 1.29 is 14.3 Å². The fourth-order valence-corrected chi connectivity index (χ4v) is 2.42. The number of thioether (sulfide) groups is 1. The third-order valence-corrected chi connectivity index (χ3v) is 4.07. The second-order valence-electron chi connectivity index (χ2n) is 4.91. The summed E-state index contributed by atoms with van der Waals surface area (Å²) in [5.41, 5.74) is 1.15. The highest BCUT2D eigenvalue weighted by atomic mass is 32.2. The number of hydrogen-bond donors (Lipinski definition) is 1. The van der Waals surface area contributed by atoms with Crippen LogP contribution in [0.2, 0.25) is 0 Å². The zero-order chi connectivity index (χ0) is 16.5. The predicted octanol–water partition coefficient (Wildman–Crippen LogP) is 3.15. The molecule has 1 N–H and O–H groups in total. The molecule has 2 rings (SSSR count). The van der Waals surface area contributed by atoms with E-state index in [4.69, 9.17) is 9.47 Å². The molecule has 0 heterocycles. The molecule has 2 aromatic carbocycles. The number of benzene rings is 2. The van der Waals surface area contributed by atoms with Gasteiger partial charge >= 0.3 is 0 Å². The van der Waals surface area contributed by atoms with Gasteiger partial charge in [0.25, 0.3) is 5.91 Å². The predicted molar refractivity (Wildman–Crippen MR) is 93.4 cm³/mol. The second kappa shape index (κ2) is 9.10. The SMILES string of the molecule is COc1ccc(CCNC(=O)COc2ccc(SC)cc2)cc1. The molecule has 2 aromatic rings. The highest BCUT2D eigenvalue weighted by molar-refractivity contribution is 7.98. The lowest BCUT2D eigenvalue weighted by molar-refractivity contribution is -0.123. The van der Waals surface area contributed by atoms with Crippen LogP contribution in [0.1, 0.15) is 5.56 Å². The summed E-state index contributed by atoms with van der Waals surface area (Å²) in [6.07, 6.45) is 2.80. The van der Waals surface area contributed by atoms with Crippen LogP contribution in [0.5, 0.6) is 11.5 Å². The molecule has 0 fully saturated rings. The Balaban J connectivity index is 1.67. The molecule has 0 unspecified atom stereocenters. The molecule has 0 spiro atoms. The molecule has 0 bridgehead atoms. The molecule has 4 nitrogen and oxygen atoms in total. The van der Waals surface area contributed by atoms with Gasteiger partial charge in [-0.25, -0.2) is 0 Å². The Kier molecular flexibility index (Phi) is 6.81. The Labute approximate surface area is 141 Å². The van der Waals surface area contributed by atoms with E-state index in [1.54, 1.807) is 18.9 Å². The van der Waals surface area contributed by atoms with Gasteiger partial charge in [0.15, 0.2) is 6.61 Å². The Hall–Kier alpha value is -2.14. The second-order valence-corrected chi connectivity index (χ2v) is 5.79. The Bertz CT molecular complexity index is 611. The molecule has 0 radical (unpaired) electrons. The lowest BCUT2D eigenvalue weighted by atomic mass is 10.1. The van der Waals surface area contributed by atoms with Crippen LogP contribution in [0.15, 0.2) is 53.4 Å². The summed E-state index contributed by atoms with van der Waals surface area (Å²) in [6.45, 7) is 0.612. The summed E-state index contributed by atoms with van der Waals surface area (Å²) >= 11 is 1.67. The van der Waals surface area contributed by atoms with E-state index in [1.807, 2.05) is 54.8 Å². The number of hydrogen-bond acceptors (Lipinski definition) is 4. The minimum Gasteiger partial charge on any atom is -0.497 e. The molecule has 23 heavy (non-hydrogen) atoms. The van der Waals surface area contributed by atoms with E-state index in [0.717, 1.165) is 17.7 Å². The number of nitrogens with one attached hydrogen (secondary N) is 1. The van der Waals surface area contributed by atoms with E-state index in [1.165, 1.54) is 4.90 Å². The molecule has 5 heteroatoms. The van der Waals surface area contributed by atoms with E-state index >= 15 is 0 Å². The summed E-state index contributed by atoms with van der Waals surface area (Å²) in [6, 6.07) is 15.5. The molecule has 0 saturated carbocycles. The van der Waals surface area contributed by atoms with Crippen LogP contribution >= 0.6 is 11.8 Å². The van der Waals surface area contributed by atoms with Crippen molar-refractivity contribution >= 4 is 17.7 Å². The fraction of sp³-hybridized carbons (Fsp3) is 0.278. The average molecular weight is 331 g/mol. The lowest BCUT2D eigenvalue weighted by Crippen LogP contribution is -2.30. The van der Waals surface area contributed by atoms with Crippen LogP contribution in [0.4, 0.5) is 0 Å². The maximum atomic E-state index is 11.8. The minimum absolute atomic E-state index is 0.0290. The first-order chi connectivity index (χ1) is 11.2. The largest absolute Gasteiger partial charge is 0.497 e. The molecule has 1 amide bonds. The summed E-state index contributed by atoms with van der Waals surface area (Å²) < 4.78 is 10.6. The van der Waals surface area contributed by atoms with Crippen molar-refractivity contribution in [3.63, 3.8) is 0 Å². The van der Waals surface area contributed by atoms with Gasteiger partial charge in [-0.05, 0) is 54.6 Å². The number of ether oxygens (including phenoxy) is 2. The van der Waals surface area contributed by atoms with Crippen molar-refractivity contribution in [2.45, 2.75) is 11.3 Å². The van der Waals surface area contributed by atoms with Gasteiger partial charge in [0.05, 0.1) is 7.11 Å². The molecule has 0 aliphatic carbocycles. The lowest BCUT2D eigenvalue weighted by Gasteiger charge is -2.08. The third-order valence-electron chi connectivity index (χ3n) is 3.32. The van der Waals surface area contributed by atoms with Gasteiger partial charge < -0.3 is 14.8 Å². The molecular weight excluding hydrogens is 310 g/mol. The molecule has 0 saturated heterocycles.